The Balaban J connectivity index is 2.03. The van der Waals surface area contributed by atoms with E-state index in [0.717, 1.165) is 11.5 Å². The fraction of sp³-hybridized carbons (Fsp3) is 0.286. The SMILES string of the molecule is CCOc1ccc(C(=O)NNC(=O)c2snnc2C)cc1OC. The minimum Gasteiger partial charge on any atom is -0.493 e. The van der Waals surface area contributed by atoms with Crippen LogP contribution in [0.3, 0.4) is 0 Å². The van der Waals surface area contributed by atoms with Crippen LogP contribution in [0.4, 0.5) is 0 Å². The van der Waals surface area contributed by atoms with Gasteiger partial charge in [-0.05, 0) is 43.6 Å². The van der Waals surface area contributed by atoms with Crippen molar-refractivity contribution in [3.8, 4) is 11.5 Å². The summed E-state index contributed by atoms with van der Waals surface area (Å²) in [5, 5.41) is 3.74. The van der Waals surface area contributed by atoms with Gasteiger partial charge in [0.15, 0.2) is 11.5 Å². The van der Waals surface area contributed by atoms with Crippen LogP contribution in [-0.2, 0) is 0 Å². The molecule has 0 saturated carbocycles. The van der Waals surface area contributed by atoms with E-state index < -0.39 is 11.8 Å². The zero-order valence-electron chi connectivity index (χ0n) is 12.9. The van der Waals surface area contributed by atoms with Gasteiger partial charge in [-0.1, -0.05) is 4.49 Å². The molecule has 9 heteroatoms. The largest absolute Gasteiger partial charge is 0.493 e. The van der Waals surface area contributed by atoms with Gasteiger partial charge >= 0.3 is 0 Å². The van der Waals surface area contributed by atoms with Crippen molar-refractivity contribution < 1.29 is 19.1 Å². The molecule has 0 saturated heterocycles. The van der Waals surface area contributed by atoms with Gasteiger partial charge in [-0.15, -0.1) is 5.10 Å². The van der Waals surface area contributed by atoms with Crippen molar-refractivity contribution in [3.05, 3.63) is 34.3 Å². The van der Waals surface area contributed by atoms with E-state index in [1.54, 1.807) is 19.1 Å². The molecule has 2 rings (SSSR count). The summed E-state index contributed by atoms with van der Waals surface area (Å²) in [6, 6.07) is 4.75. The summed E-state index contributed by atoms with van der Waals surface area (Å²) in [4.78, 5) is 24.3. The predicted molar refractivity (Wildman–Crippen MR) is 83.7 cm³/mol. The first-order valence-electron chi connectivity index (χ1n) is 6.77. The fourth-order valence-electron chi connectivity index (χ4n) is 1.77. The topological polar surface area (TPSA) is 102 Å². The summed E-state index contributed by atoms with van der Waals surface area (Å²) in [5.41, 5.74) is 5.48. The summed E-state index contributed by atoms with van der Waals surface area (Å²) in [5.74, 6) is 0.0360. The molecule has 0 aliphatic heterocycles. The quantitative estimate of drug-likeness (QED) is 0.799. The average molecular weight is 336 g/mol. The van der Waals surface area contributed by atoms with E-state index in [1.165, 1.54) is 13.2 Å². The van der Waals surface area contributed by atoms with Gasteiger partial charge in [-0.3, -0.25) is 20.4 Å². The van der Waals surface area contributed by atoms with Crippen LogP contribution in [0.25, 0.3) is 0 Å². The number of aromatic nitrogens is 2. The van der Waals surface area contributed by atoms with Crippen LogP contribution in [-0.4, -0.2) is 35.1 Å². The number of aryl methyl sites for hydroxylation is 1. The van der Waals surface area contributed by atoms with Crippen LogP contribution in [0.2, 0.25) is 0 Å². The van der Waals surface area contributed by atoms with Gasteiger partial charge in [0, 0.05) is 5.56 Å². The Morgan fingerprint density at radius 1 is 1.22 bits per heavy atom. The maximum atomic E-state index is 12.1. The molecule has 23 heavy (non-hydrogen) atoms. The standard InChI is InChI=1S/C14H16N4O4S/c1-4-22-10-6-5-9(7-11(10)21-3)13(19)16-17-14(20)12-8(2)15-18-23-12/h5-7H,4H2,1-3H3,(H,16,19)(H,17,20). The number of benzene rings is 1. The van der Waals surface area contributed by atoms with Crippen molar-refractivity contribution in [2.24, 2.45) is 0 Å². The smallest absolute Gasteiger partial charge is 0.283 e. The molecule has 0 spiro atoms. The monoisotopic (exact) mass is 336 g/mol. The second kappa shape index (κ2) is 7.54. The van der Waals surface area contributed by atoms with E-state index >= 15 is 0 Å². The number of carbonyl (C=O) groups is 2. The molecule has 1 aromatic carbocycles. The van der Waals surface area contributed by atoms with E-state index in [0.29, 0.717) is 34.2 Å². The highest BCUT2D eigenvalue weighted by atomic mass is 32.1. The van der Waals surface area contributed by atoms with Crippen LogP contribution in [0.1, 0.15) is 32.6 Å². The second-order valence-corrected chi connectivity index (χ2v) is 5.15. The lowest BCUT2D eigenvalue weighted by Gasteiger charge is -2.11. The third kappa shape index (κ3) is 3.95. The molecule has 8 nitrogen and oxygen atoms in total. The number of nitrogens with one attached hydrogen (secondary N) is 2. The van der Waals surface area contributed by atoms with E-state index in [4.69, 9.17) is 9.47 Å². The number of hydrogen-bond donors (Lipinski definition) is 2. The number of rotatable bonds is 5. The Hall–Kier alpha value is -2.68. The van der Waals surface area contributed by atoms with E-state index in [1.807, 2.05) is 6.92 Å². The lowest BCUT2D eigenvalue weighted by Crippen LogP contribution is -2.41. The molecule has 2 amide bonds. The Morgan fingerprint density at radius 3 is 2.57 bits per heavy atom. The third-order valence-corrected chi connectivity index (χ3v) is 3.70. The Labute approximate surface area is 136 Å². The van der Waals surface area contributed by atoms with Gasteiger partial charge in [0.05, 0.1) is 19.4 Å². The van der Waals surface area contributed by atoms with Gasteiger partial charge in [-0.2, -0.15) is 0 Å². The molecule has 2 aromatic rings. The summed E-state index contributed by atoms with van der Waals surface area (Å²) in [6.07, 6.45) is 0. The normalized spacial score (nSPS) is 10.0. The zero-order chi connectivity index (χ0) is 16.8. The van der Waals surface area contributed by atoms with Crippen LogP contribution >= 0.6 is 11.5 Å². The summed E-state index contributed by atoms with van der Waals surface area (Å²) in [6.45, 7) is 4.00. The number of methoxy groups -OCH3 is 1. The Morgan fingerprint density at radius 2 is 1.96 bits per heavy atom. The number of amides is 2. The lowest BCUT2D eigenvalue weighted by molar-refractivity contribution is 0.0848. The van der Waals surface area contributed by atoms with Crippen LogP contribution in [0.5, 0.6) is 11.5 Å². The molecule has 122 valence electrons. The number of hydrazine groups is 1. The highest BCUT2D eigenvalue weighted by Gasteiger charge is 2.15. The van der Waals surface area contributed by atoms with Crippen LogP contribution in [0.15, 0.2) is 18.2 Å². The average Bonchev–Trinajstić information content (AvgIpc) is 2.99. The Kier molecular flexibility index (Phi) is 5.47. The molecule has 1 aromatic heterocycles. The maximum absolute atomic E-state index is 12.1. The van der Waals surface area contributed by atoms with Crippen molar-refractivity contribution in [2.45, 2.75) is 13.8 Å². The van der Waals surface area contributed by atoms with Crippen molar-refractivity contribution >= 4 is 23.3 Å². The van der Waals surface area contributed by atoms with Crippen molar-refractivity contribution in [3.63, 3.8) is 0 Å². The minimum absolute atomic E-state index is 0.324. The first kappa shape index (κ1) is 16.7. The van der Waals surface area contributed by atoms with Gasteiger partial charge in [-0.25, -0.2) is 0 Å². The highest BCUT2D eigenvalue weighted by Crippen LogP contribution is 2.27. The minimum atomic E-state index is -0.477. The van der Waals surface area contributed by atoms with Crippen LogP contribution < -0.4 is 20.3 Å². The first-order chi connectivity index (χ1) is 11.1. The maximum Gasteiger partial charge on any atom is 0.283 e. The molecule has 0 aliphatic rings. The van der Waals surface area contributed by atoms with E-state index in [9.17, 15) is 9.59 Å². The van der Waals surface area contributed by atoms with Crippen molar-refractivity contribution in [1.29, 1.82) is 0 Å². The number of nitrogens with zero attached hydrogens (tertiary/aromatic N) is 2. The molecule has 0 unspecified atom stereocenters. The number of ether oxygens (including phenoxy) is 2. The molecule has 0 aliphatic carbocycles. The first-order valence-corrected chi connectivity index (χ1v) is 7.54. The predicted octanol–water partition coefficient (Wildman–Crippen LogP) is 1.33. The molecule has 0 radical (unpaired) electrons. The number of carbonyl (C=O) groups excluding carboxylic acids is 2. The van der Waals surface area contributed by atoms with Gasteiger partial charge in [0.1, 0.15) is 4.88 Å². The summed E-state index contributed by atoms with van der Waals surface area (Å²) < 4.78 is 14.2. The van der Waals surface area contributed by atoms with Gasteiger partial charge in [0.2, 0.25) is 0 Å². The summed E-state index contributed by atoms with van der Waals surface area (Å²) in [7, 11) is 1.49. The third-order valence-electron chi connectivity index (χ3n) is 2.87. The lowest BCUT2D eigenvalue weighted by atomic mass is 10.2. The van der Waals surface area contributed by atoms with Crippen LogP contribution in [0, 0.1) is 6.92 Å². The number of hydrogen-bond acceptors (Lipinski definition) is 7. The second-order valence-electron chi connectivity index (χ2n) is 4.39. The van der Waals surface area contributed by atoms with E-state index in [2.05, 4.69) is 20.4 Å². The molecular formula is C14H16N4O4S. The molecule has 0 atom stereocenters. The van der Waals surface area contributed by atoms with E-state index in [-0.39, 0.29) is 0 Å². The van der Waals surface area contributed by atoms with Crippen molar-refractivity contribution in [2.75, 3.05) is 13.7 Å². The molecule has 0 fully saturated rings. The highest BCUT2D eigenvalue weighted by molar-refractivity contribution is 7.07. The molecule has 1 heterocycles. The fourth-order valence-corrected chi connectivity index (χ4v) is 2.32. The van der Waals surface area contributed by atoms with Gasteiger partial charge in [0.25, 0.3) is 11.8 Å². The Bertz CT molecular complexity index is 717. The zero-order valence-corrected chi connectivity index (χ0v) is 13.7. The van der Waals surface area contributed by atoms with Crippen molar-refractivity contribution in [1.82, 2.24) is 20.4 Å². The molecule has 2 N–H and O–H groups in total. The summed E-state index contributed by atoms with van der Waals surface area (Å²) >= 11 is 0.958. The van der Waals surface area contributed by atoms with Gasteiger partial charge < -0.3 is 9.47 Å². The molecular weight excluding hydrogens is 320 g/mol. The molecule has 0 bridgehead atoms.